The monoisotopic (exact) mass is 538 g/mol. The molecule has 0 fully saturated rings. The number of nitrogens with zero attached hydrogens (tertiary/aromatic N) is 4. The lowest BCUT2D eigenvalue weighted by Crippen LogP contribution is -2.44. The van der Waals surface area contributed by atoms with E-state index in [-0.39, 0.29) is 21.8 Å². The maximum absolute atomic E-state index is 15.6. The smallest absolute Gasteiger partial charge is 0.437 e. The molecule has 3 aromatic rings. The van der Waals surface area contributed by atoms with Crippen molar-refractivity contribution in [2.45, 2.75) is 64.7 Å². The van der Waals surface area contributed by atoms with E-state index in [1.165, 1.54) is 6.07 Å². The molecular formula is C21H25F7N4OSi2. The molecule has 5 nitrogen and oxygen atoms in total. The molecule has 0 unspecified atom stereocenters. The Morgan fingerprint density at radius 2 is 1.54 bits per heavy atom. The molecule has 0 saturated carbocycles. The van der Waals surface area contributed by atoms with Gasteiger partial charge in [0.25, 0.3) is 5.88 Å². The predicted molar refractivity (Wildman–Crippen MR) is 123 cm³/mol. The second-order valence-corrected chi connectivity index (χ2v) is 20.3. The molecular weight excluding hydrogens is 513 g/mol. The van der Waals surface area contributed by atoms with Crippen molar-refractivity contribution in [3.8, 4) is 17.0 Å². The molecule has 0 amide bonds. The minimum absolute atomic E-state index is 0.101. The predicted octanol–water partition coefficient (Wildman–Crippen LogP) is 5.37. The van der Waals surface area contributed by atoms with Gasteiger partial charge in [-0.3, -0.25) is 0 Å². The van der Waals surface area contributed by atoms with Gasteiger partial charge in [-0.15, -0.1) is 5.10 Å². The summed E-state index contributed by atoms with van der Waals surface area (Å²) >= 11 is 0. The Morgan fingerprint density at radius 3 is 2.03 bits per heavy atom. The Morgan fingerprint density at radius 1 is 0.943 bits per heavy atom. The summed E-state index contributed by atoms with van der Waals surface area (Å²) in [6.45, 7) is 11.8. The van der Waals surface area contributed by atoms with E-state index in [0.717, 1.165) is 17.6 Å². The van der Waals surface area contributed by atoms with Crippen LogP contribution in [0.4, 0.5) is 30.7 Å². The first-order valence-electron chi connectivity index (χ1n) is 10.6. The first-order chi connectivity index (χ1) is 15.7. The summed E-state index contributed by atoms with van der Waals surface area (Å²) < 4.78 is 101. The molecule has 0 aliphatic carbocycles. The zero-order chi connectivity index (χ0) is 26.7. The van der Waals surface area contributed by atoms with Crippen LogP contribution in [0.5, 0.6) is 5.88 Å². The third-order valence-corrected chi connectivity index (χ3v) is 9.23. The lowest BCUT2D eigenvalue weighted by molar-refractivity contribution is -0.190. The van der Waals surface area contributed by atoms with Gasteiger partial charge in [0.15, 0.2) is 17.6 Å². The molecule has 0 radical (unpaired) electrons. The van der Waals surface area contributed by atoms with Crippen LogP contribution in [0.3, 0.4) is 0 Å². The third kappa shape index (κ3) is 5.37. The van der Waals surface area contributed by atoms with Crippen LogP contribution < -0.4 is 15.2 Å². The fraction of sp³-hybridized carbons (Fsp3) is 0.476. The van der Waals surface area contributed by atoms with E-state index in [9.17, 15) is 26.3 Å². The summed E-state index contributed by atoms with van der Waals surface area (Å²) in [6, 6.07) is 2.85. The van der Waals surface area contributed by atoms with Crippen molar-refractivity contribution in [2.75, 3.05) is 0 Å². The SMILES string of the molecule is C[C@H](Oc1ncc(-c2cc([Si](C)(C)C)n3nnc(C(F)(F)F)c3c2)c([Si](C)(C)C)c1F)C(F)(F)F. The highest BCUT2D eigenvalue weighted by Gasteiger charge is 2.40. The lowest BCUT2D eigenvalue weighted by atomic mass is 10.1. The topological polar surface area (TPSA) is 52.3 Å². The highest BCUT2D eigenvalue weighted by atomic mass is 28.3. The van der Waals surface area contributed by atoms with E-state index >= 15 is 4.39 Å². The normalized spacial score (nSPS) is 14.5. The number of halogens is 7. The van der Waals surface area contributed by atoms with Crippen molar-refractivity contribution in [1.29, 1.82) is 0 Å². The highest BCUT2D eigenvalue weighted by Crippen LogP contribution is 2.33. The number of hydrogen-bond donors (Lipinski definition) is 0. The Balaban J connectivity index is 2.34. The molecule has 192 valence electrons. The van der Waals surface area contributed by atoms with Gasteiger partial charge in [0.1, 0.15) is 8.07 Å². The largest absolute Gasteiger partial charge is 0.463 e. The van der Waals surface area contributed by atoms with Gasteiger partial charge in [0.2, 0.25) is 0 Å². The summed E-state index contributed by atoms with van der Waals surface area (Å²) in [4.78, 5) is 3.79. The second-order valence-electron chi connectivity index (χ2n) is 10.3. The van der Waals surface area contributed by atoms with E-state index in [2.05, 4.69) is 15.3 Å². The van der Waals surface area contributed by atoms with Crippen molar-refractivity contribution < 1.29 is 35.5 Å². The average Bonchev–Trinajstić information content (AvgIpc) is 3.10. The van der Waals surface area contributed by atoms with E-state index in [0.29, 0.717) is 5.32 Å². The summed E-state index contributed by atoms with van der Waals surface area (Å²) in [7, 11) is -4.92. The van der Waals surface area contributed by atoms with Crippen LogP contribution in [0, 0.1) is 5.82 Å². The van der Waals surface area contributed by atoms with Crippen LogP contribution in [0.25, 0.3) is 16.6 Å². The quantitative estimate of drug-likeness (QED) is 0.324. The number of rotatable bonds is 5. The van der Waals surface area contributed by atoms with Crippen molar-refractivity contribution in [1.82, 2.24) is 19.8 Å². The Kier molecular flexibility index (Phi) is 6.64. The highest BCUT2D eigenvalue weighted by molar-refractivity contribution is 6.90. The number of aromatic nitrogens is 4. The fourth-order valence-electron chi connectivity index (χ4n) is 3.62. The van der Waals surface area contributed by atoms with E-state index in [1.807, 2.05) is 19.6 Å². The first-order valence-corrected chi connectivity index (χ1v) is 17.6. The molecule has 3 rings (SSSR count). The van der Waals surface area contributed by atoms with Gasteiger partial charge in [-0.05, 0) is 29.8 Å². The Labute approximate surface area is 199 Å². The Bertz CT molecular complexity index is 1260. The minimum atomic E-state index is -4.77. The van der Waals surface area contributed by atoms with Crippen molar-refractivity contribution in [3.63, 3.8) is 0 Å². The molecule has 0 bridgehead atoms. The van der Waals surface area contributed by atoms with Crippen molar-refractivity contribution >= 4 is 32.2 Å². The zero-order valence-corrected chi connectivity index (χ0v) is 22.2. The number of hydrogen-bond acceptors (Lipinski definition) is 4. The van der Waals surface area contributed by atoms with Gasteiger partial charge in [0, 0.05) is 17.1 Å². The first kappa shape index (κ1) is 27.1. The van der Waals surface area contributed by atoms with Crippen LogP contribution in [-0.2, 0) is 6.18 Å². The van der Waals surface area contributed by atoms with Crippen LogP contribution in [0.15, 0.2) is 18.3 Å². The molecule has 0 aliphatic rings. The summed E-state index contributed by atoms with van der Waals surface area (Å²) in [5, 5.41) is 7.67. The van der Waals surface area contributed by atoms with Gasteiger partial charge in [-0.2, -0.15) is 26.3 Å². The molecule has 0 spiro atoms. The fourth-order valence-corrected chi connectivity index (χ4v) is 6.80. The molecule has 0 aromatic carbocycles. The van der Waals surface area contributed by atoms with Crippen LogP contribution in [0.1, 0.15) is 12.6 Å². The Hall–Kier alpha value is -2.49. The summed E-state index contributed by atoms with van der Waals surface area (Å²) in [5.41, 5.74) is -1.02. The number of alkyl halides is 6. The van der Waals surface area contributed by atoms with Crippen LogP contribution in [-0.4, -0.2) is 48.2 Å². The number of pyridine rings is 2. The van der Waals surface area contributed by atoms with Gasteiger partial charge in [0.05, 0.1) is 13.6 Å². The average molecular weight is 539 g/mol. The van der Waals surface area contributed by atoms with Gasteiger partial charge >= 0.3 is 12.4 Å². The van der Waals surface area contributed by atoms with E-state index in [4.69, 9.17) is 4.74 Å². The van der Waals surface area contributed by atoms with Gasteiger partial charge in [-0.1, -0.05) is 44.5 Å². The van der Waals surface area contributed by atoms with Crippen LogP contribution in [0.2, 0.25) is 39.3 Å². The number of fused-ring (bicyclic) bond motifs is 1. The van der Waals surface area contributed by atoms with Crippen LogP contribution >= 0.6 is 0 Å². The minimum Gasteiger partial charge on any atom is -0.463 e. The molecule has 3 aromatic heterocycles. The lowest BCUT2D eigenvalue weighted by Gasteiger charge is -2.25. The molecule has 3 heterocycles. The number of ether oxygens (including phenoxy) is 1. The standard InChI is InChI=1S/C21H25F7N4OSi2/c1-11(20(23,24)25)33-19-16(22)17(35(5,6)7)13(10-29-19)12-8-14-18(21(26,27)28)30-31-32(14)15(9-12)34(2,3)4/h8-11H,1-7H3/t11-/m0/s1. The molecule has 14 heteroatoms. The van der Waals surface area contributed by atoms with Gasteiger partial charge in [-0.25, -0.2) is 13.9 Å². The molecule has 0 aliphatic heterocycles. The van der Waals surface area contributed by atoms with Crippen molar-refractivity contribution in [3.05, 3.63) is 29.8 Å². The molecule has 0 N–H and O–H groups in total. The molecule has 35 heavy (non-hydrogen) atoms. The summed E-state index contributed by atoms with van der Waals surface area (Å²) in [6.07, 6.45) is -10.6. The maximum Gasteiger partial charge on any atom is 0.437 e. The van der Waals surface area contributed by atoms with E-state index < -0.39 is 52.0 Å². The van der Waals surface area contributed by atoms with Gasteiger partial charge < -0.3 is 4.74 Å². The van der Waals surface area contributed by atoms with Crippen molar-refractivity contribution in [2.24, 2.45) is 0 Å². The maximum atomic E-state index is 15.6. The summed E-state index contributed by atoms with van der Waals surface area (Å²) in [5.74, 6) is -1.85. The third-order valence-electron chi connectivity index (χ3n) is 5.35. The molecule has 1 atom stereocenters. The van der Waals surface area contributed by atoms with E-state index in [1.54, 1.807) is 25.7 Å². The second kappa shape index (κ2) is 8.57. The molecule has 0 saturated heterocycles. The zero-order valence-electron chi connectivity index (χ0n) is 20.2.